The Morgan fingerprint density at radius 2 is 1.93 bits per heavy atom. The lowest BCUT2D eigenvalue weighted by Crippen LogP contribution is -2.64. The topological polar surface area (TPSA) is 85.3 Å². The highest BCUT2D eigenvalue weighted by atomic mass is 16.5. The maximum atomic E-state index is 13.3. The summed E-state index contributed by atoms with van der Waals surface area (Å²) in [7, 11) is 3.15. The molecule has 0 aromatic heterocycles. The quantitative estimate of drug-likeness (QED) is 0.736. The normalized spacial score (nSPS) is 24.6. The Balaban J connectivity index is 1.64. The second kappa shape index (κ2) is 7.55. The highest BCUT2D eigenvalue weighted by Crippen LogP contribution is 2.50. The molecule has 2 heterocycles. The van der Waals surface area contributed by atoms with Crippen molar-refractivity contribution in [2.75, 3.05) is 20.8 Å². The zero-order chi connectivity index (χ0) is 21.5. The minimum absolute atomic E-state index is 0.337. The number of carbonyl (C=O) groups excluding carboxylic acids is 1. The van der Waals surface area contributed by atoms with Gasteiger partial charge in [0.15, 0.2) is 17.2 Å². The van der Waals surface area contributed by atoms with Crippen molar-refractivity contribution < 1.29 is 28.9 Å². The number of methoxy groups -OCH3 is 2. The molecule has 0 aliphatic carbocycles. The van der Waals surface area contributed by atoms with Gasteiger partial charge in [0.2, 0.25) is 5.91 Å². The molecule has 158 valence electrons. The highest BCUT2D eigenvalue weighted by Gasteiger charge is 2.56. The maximum absolute atomic E-state index is 13.3. The molecular weight excluding hydrogens is 386 g/mol. The molecule has 1 amide bonds. The first kappa shape index (κ1) is 20.1. The zero-order valence-electron chi connectivity index (χ0n) is 17.3. The van der Waals surface area contributed by atoms with Crippen LogP contribution in [0.1, 0.15) is 30.4 Å². The van der Waals surface area contributed by atoms with Crippen LogP contribution in [0.2, 0.25) is 0 Å². The predicted octanol–water partition coefficient (Wildman–Crippen LogP) is 3.07. The SMILES string of the molecule is COc1ccc(CCN2C(=O)C(C(=O)O)C3CC2(C)Oc2ccccc23)cc1OC. The average molecular weight is 411 g/mol. The molecule has 1 saturated heterocycles. The fourth-order valence-electron chi connectivity index (χ4n) is 4.61. The molecule has 7 nitrogen and oxygen atoms in total. The van der Waals surface area contributed by atoms with Crippen molar-refractivity contribution in [1.29, 1.82) is 0 Å². The molecular formula is C23H25NO6. The summed E-state index contributed by atoms with van der Waals surface area (Å²) in [5.41, 5.74) is 0.850. The number of carbonyl (C=O) groups is 2. The predicted molar refractivity (Wildman–Crippen MR) is 109 cm³/mol. The molecule has 3 atom stereocenters. The number of amides is 1. The van der Waals surface area contributed by atoms with Crippen molar-refractivity contribution in [3.63, 3.8) is 0 Å². The number of para-hydroxylation sites is 1. The fourth-order valence-corrected chi connectivity index (χ4v) is 4.61. The number of nitrogens with zero attached hydrogens (tertiary/aromatic N) is 1. The van der Waals surface area contributed by atoms with E-state index in [0.717, 1.165) is 11.1 Å². The number of likely N-dealkylation sites (tertiary alicyclic amines) is 1. The van der Waals surface area contributed by atoms with Crippen molar-refractivity contribution in [2.45, 2.75) is 31.4 Å². The van der Waals surface area contributed by atoms with Gasteiger partial charge in [0.1, 0.15) is 11.7 Å². The van der Waals surface area contributed by atoms with Crippen LogP contribution in [0.15, 0.2) is 42.5 Å². The van der Waals surface area contributed by atoms with Gasteiger partial charge in [-0.2, -0.15) is 0 Å². The average Bonchev–Trinajstić information content (AvgIpc) is 2.72. The summed E-state index contributed by atoms with van der Waals surface area (Å²) in [6.07, 6.45) is 0.975. The van der Waals surface area contributed by atoms with Crippen LogP contribution in [0, 0.1) is 5.92 Å². The largest absolute Gasteiger partial charge is 0.493 e. The minimum Gasteiger partial charge on any atom is -0.493 e. The minimum atomic E-state index is -1.12. The molecule has 7 heteroatoms. The Hall–Kier alpha value is -3.22. The number of carboxylic acid groups (broad SMARTS) is 1. The van der Waals surface area contributed by atoms with Crippen LogP contribution in [0.25, 0.3) is 0 Å². The fraction of sp³-hybridized carbons (Fsp3) is 0.391. The Labute approximate surface area is 175 Å². The van der Waals surface area contributed by atoms with Crippen molar-refractivity contribution in [2.24, 2.45) is 5.92 Å². The smallest absolute Gasteiger partial charge is 0.316 e. The van der Waals surface area contributed by atoms with Gasteiger partial charge in [0.05, 0.1) is 14.2 Å². The van der Waals surface area contributed by atoms with E-state index in [1.54, 1.807) is 19.1 Å². The third-order valence-electron chi connectivity index (χ3n) is 6.09. The second-order valence-electron chi connectivity index (χ2n) is 7.87. The van der Waals surface area contributed by atoms with Gasteiger partial charge >= 0.3 is 5.97 Å². The summed E-state index contributed by atoms with van der Waals surface area (Å²) in [5, 5.41) is 9.84. The number of aliphatic carboxylic acids is 1. The van der Waals surface area contributed by atoms with Gasteiger partial charge in [-0.3, -0.25) is 9.59 Å². The lowest BCUT2D eigenvalue weighted by Gasteiger charge is -2.52. The number of piperidine rings is 1. The van der Waals surface area contributed by atoms with E-state index in [9.17, 15) is 14.7 Å². The summed E-state index contributed by atoms with van der Waals surface area (Å²) >= 11 is 0. The van der Waals surface area contributed by atoms with Gasteiger partial charge < -0.3 is 24.2 Å². The Morgan fingerprint density at radius 3 is 2.63 bits per heavy atom. The van der Waals surface area contributed by atoms with Gasteiger partial charge in [-0.25, -0.2) is 0 Å². The first-order chi connectivity index (χ1) is 14.4. The number of fused-ring (bicyclic) bond motifs is 4. The molecule has 0 radical (unpaired) electrons. The third kappa shape index (κ3) is 3.24. The Kier molecular flexibility index (Phi) is 5.05. The molecule has 0 spiro atoms. The maximum Gasteiger partial charge on any atom is 0.316 e. The lowest BCUT2D eigenvalue weighted by atomic mass is 9.73. The van der Waals surface area contributed by atoms with Gasteiger partial charge in [-0.15, -0.1) is 0 Å². The van der Waals surface area contributed by atoms with Gasteiger partial charge in [0.25, 0.3) is 0 Å². The van der Waals surface area contributed by atoms with Crippen LogP contribution in [0.4, 0.5) is 0 Å². The Bertz CT molecular complexity index is 989. The van der Waals surface area contributed by atoms with Gasteiger partial charge in [-0.05, 0) is 42.7 Å². The molecule has 2 aliphatic rings. The number of carboxylic acids is 1. The van der Waals surface area contributed by atoms with Crippen LogP contribution in [0.3, 0.4) is 0 Å². The molecule has 2 aromatic carbocycles. The Morgan fingerprint density at radius 1 is 1.20 bits per heavy atom. The van der Waals surface area contributed by atoms with E-state index in [1.165, 1.54) is 0 Å². The number of hydrogen-bond acceptors (Lipinski definition) is 5. The van der Waals surface area contributed by atoms with Crippen molar-refractivity contribution in [3.05, 3.63) is 53.6 Å². The van der Waals surface area contributed by atoms with E-state index >= 15 is 0 Å². The van der Waals surface area contributed by atoms with Crippen molar-refractivity contribution in [1.82, 2.24) is 4.90 Å². The van der Waals surface area contributed by atoms with E-state index in [1.807, 2.05) is 49.4 Å². The molecule has 0 saturated carbocycles. The number of hydrogen-bond donors (Lipinski definition) is 1. The third-order valence-corrected chi connectivity index (χ3v) is 6.09. The first-order valence-electron chi connectivity index (χ1n) is 9.91. The van der Waals surface area contributed by atoms with Crippen LogP contribution in [0.5, 0.6) is 17.2 Å². The molecule has 4 rings (SSSR count). The molecule has 1 N–H and O–H groups in total. The van der Waals surface area contributed by atoms with Crippen LogP contribution in [-0.2, 0) is 16.0 Å². The van der Waals surface area contributed by atoms with Crippen LogP contribution in [-0.4, -0.2) is 48.4 Å². The van der Waals surface area contributed by atoms with E-state index < -0.39 is 29.4 Å². The second-order valence-corrected chi connectivity index (χ2v) is 7.87. The zero-order valence-corrected chi connectivity index (χ0v) is 17.3. The van der Waals surface area contributed by atoms with Crippen molar-refractivity contribution in [3.8, 4) is 17.2 Å². The molecule has 2 aromatic rings. The molecule has 2 bridgehead atoms. The lowest BCUT2D eigenvalue weighted by molar-refractivity contribution is -0.180. The summed E-state index contributed by atoms with van der Waals surface area (Å²) in [6, 6.07) is 13.0. The van der Waals surface area contributed by atoms with E-state index in [4.69, 9.17) is 14.2 Å². The van der Waals surface area contributed by atoms with Gasteiger partial charge in [-0.1, -0.05) is 24.3 Å². The van der Waals surface area contributed by atoms with E-state index in [0.29, 0.717) is 36.6 Å². The molecule has 2 aliphatic heterocycles. The van der Waals surface area contributed by atoms with Crippen molar-refractivity contribution >= 4 is 11.9 Å². The first-order valence-corrected chi connectivity index (χ1v) is 9.91. The van der Waals surface area contributed by atoms with Crippen LogP contribution < -0.4 is 14.2 Å². The highest BCUT2D eigenvalue weighted by molar-refractivity contribution is 5.99. The standard InChI is InChI=1S/C23H25NO6/c1-23-13-16(15-6-4-5-7-17(15)30-23)20(22(26)27)21(25)24(23)11-10-14-8-9-18(28-2)19(12-14)29-3/h4-9,12,16,20H,10-11,13H2,1-3H3,(H,26,27). The number of rotatable bonds is 6. The van der Waals surface area contributed by atoms with E-state index in [2.05, 4.69) is 0 Å². The monoisotopic (exact) mass is 411 g/mol. The van der Waals surface area contributed by atoms with Gasteiger partial charge in [0, 0.05) is 18.9 Å². The van der Waals surface area contributed by atoms with E-state index in [-0.39, 0.29) is 0 Å². The molecule has 30 heavy (non-hydrogen) atoms. The summed E-state index contributed by atoms with van der Waals surface area (Å²) in [5.74, 6) is -1.14. The van der Waals surface area contributed by atoms with Crippen LogP contribution >= 0.6 is 0 Å². The molecule has 1 fully saturated rings. The summed E-state index contributed by atoms with van der Waals surface area (Å²) < 4.78 is 16.9. The molecule has 3 unspecified atom stereocenters. The summed E-state index contributed by atoms with van der Waals surface area (Å²) in [6.45, 7) is 2.20. The summed E-state index contributed by atoms with van der Waals surface area (Å²) in [4.78, 5) is 26.9. The number of benzene rings is 2. The number of ether oxygens (including phenoxy) is 3.